The predicted molar refractivity (Wildman–Crippen MR) is 57.5 cm³/mol. The highest BCUT2D eigenvalue weighted by Crippen LogP contribution is 2.15. The molecule has 0 aliphatic rings. The number of hydrogen-bond acceptors (Lipinski definition) is 5. The second kappa shape index (κ2) is 4.45. The Morgan fingerprint density at radius 1 is 1.50 bits per heavy atom. The van der Waals surface area contributed by atoms with Crippen LogP contribution in [-0.2, 0) is 6.54 Å². The fourth-order valence-corrected chi connectivity index (χ4v) is 1.34. The minimum absolute atomic E-state index is 0.488. The van der Waals surface area contributed by atoms with Crippen molar-refractivity contribution >= 4 is 5.82 Å². The molecule has 5 nitrogen and oxygen atoms in total. The zero-order valence-corrected chi connectivity index (χ0v) is 8.77. The van der Waals surface area contributed by atoms with Gasteiger partial charge >= 0.3 is 0 Å². The first kappa shape index (κ1) is 10.2. The third kappa shape index (κ3) is 2.01. The molecule has 0 radical (unpaired) electrons. The molecule has 0 unspecified atom stereocenters. The normalized spacial score (nSPS) is 9.75. The number of aromatic nitrogens is 2. The molecule has 5 heteroatoms. The number of nitriles is 1. The van der Waals surface area contributed by atoms with Crippen LogP contribution in [0, 0.1) is 18.3 Å². The summed E-state index contributed by atoms with van der Waals surface area (Å²) in [6.45, 7) is 2.36. The molecule has 0 amide bonds. The van der Waals surface area contributed by atoms with Crippen LogP contribution in [0.5, 0.6) is 0 Å². The van der Waals surface area contributed by atoms with Gasteiger partial charge in [0.05, 0.1) is 12.1 Å². The minimum Gasteiger partial charge on any atom is -0.364 e. The van der Waals surface area contributed by atoms with E-state index >= 15 is 0 Å². The fraction of sp³-hybridized carbons (Fsp3) is 0.182. The Balaban J connectivity index is 2.16. The van der Waals surface area contributed by atoms with Gasteiger partial charge in [0.2, 0.25) is 0 Å². The van der Waals surface area contributed by atoms with Gasteiger partial charge in [-0.05, 0) is 18.6 Å². The molecule has 80 valence electrons. The van der Waals surface area contributed by atoms with Gasteiger partial charge in [-0.15, -0.1) is 0 Å². The van der Waals surface area contributed by atoms with E-state index in [2.05, 4.69) is 21.5 Å². The molecule has 0 atom stereocenters. The van der Waals surface area contributed by atoms with Gasteiger partial charge in [0, 0.05) is 12.3 Å². The van der Waals surface area contributed by atoms with E-state index in [9.17, 15) is 0 Å². The molecule has 0 aliphatic heterocycles. The summed E-state index contributed by atoms with van der Waals surface area (Å²) in [5, 5.41) is 15.8. The van der Waals surface area contributed by atoms with Gasteiger partial charge < -0.3 is 9.84 Å². The smallest absolute Gasteiger partial charge is 0.144 e. The van der Waals surface area contributed by atoms with Crippen LogP contribution in [0.25, 0.3) is 0 Å². The number of anilines is 1. The molecule has 0 bridgehead atoms. The maximum absolute atomic E-state index is 8.99. The molecule has 16 heavy (non-hydrogen) atoms. The summed E-state index contributed by atoms with van der Waals surface area (Å²) >= 11 is 0. The van der Waals surface area contributed by atoms with Crippen molar-refractivity contribution in [3.63, 3.8) is 0 Å². The van der Waals surface area contributed by atoms with Gasteiger partial charge in [-0.2, -0.15) is 5.26 Å². The van der Waals surface area contributed by atoms with Crippen LogP contribution in [-0.4, -0.2) is 10.1 Å². The van der Waals surface area contributed by atoms with Gasteiger partial charge in [0.25, 0.3) is 0 Å². The van der Waals surface area contributed by atoms with E-state index in [1.807, 2.05) is 6.92 Å². The summed E-state index contributed by atoms with van der Waals surface area (Å²) in [7, 11) is 0. The maximum Gasteiger partial charge on any atom is 0.144 e. The van der Waals surface area contributed by atoms with Gasteiger partial charge in [-0.25, -0.2) is 4.98 Å². The van der Waals surface area contributed by atoms with E-state index in [0.717, 1.165) is 11.3 Å². The van der Waals surface area contributed by atoms with Crippen LogP contribution in [0.2, 0.25) is 0 Å². The van der Waals surface area contributed by atoms with Crippen LogP contribution >= 0.6 is 0 Å². The predicted octanol–water partition coefficient (Wildman–Crippen LogP) is 1.86. The average molecular weight is 214 g/mol. The molecule has 1 N–H and O–H groups in total. The number of hydrogen-bond donors (Lipinski definition) is 1. The Morgan fingerprint density at radius 3 is 3.06 bits per heavy atom. The quantitative estimate of drug-likeness (QED) is 0.844. The summed E-state index contributed by atoms with van der Waals surface area (Å²) in [5.74, 6) is 0.575. The lowest BCUT2D eigenvalue weighted by Crippen LogP contribution is -2.04. The van der Waals surface area contributed by atoms with E-state index in [0.29, 0.717) is 17.9 Å². The number of rotatable bonds is 3. The van der Waals surface area contributed by atoms with Gasteiger partial charge in [-0.1, -0.05) is 5.16 Å². The van der Waals surface area contributed by atoms with Crippen LogP contribution in [0.4, 0.5) is 5.82 Å². The van der Waals surface area contributed by atoms with E-state index in [1.165, 1.54) is 6.26 Å². The first-order valence-corrected chi connectivity index (χ1v) is 4.80. The molecular weight excluding hydrogens is 204 g/mol. The average Bonchev–Trinajstić information content (AvgIpc) is 2.79. The Labute approximate surface area is 92.7 Å². The number of nitrogens with one attached hydrogen (secondary N) is 1. The highest BCUT2D eigenvalue weighted by Gasteiger charge is 2.06. The molecule has 2 aromatic heterocycles. The van der Waals surface area contributed by atoms with Crippen molar-refractivity contribution in [3.8, 4) is 6.07 Å². The van der Waals surface area contributed by atoms with Crippen LogP contribution in [0.3, 0.4) is 0 Å². The van der Waals surface area contributed by atoms with Crippen LogP contribution < -0.4 is 5.32 Å². The van der Waals surface area contributed by atoms with Gasteiger partial charge in [0.1, 0.15) is 23.8 Å². The second-order valence-corrected chi connectivity index (χ2v) is 3.31. The monoisotopic (exact) mass is 214 g/mol. The molecule has 0 spiro atoms. The lowest BCUT2D eigenvalue weighted by atomic mass is 10.1. The minimum atomic E-state index is 0.488. The largest absolute Gasteiger partial charge is 0.364 e. The molecule has 0 saturated heterocycles. The Hall–Kier alpha value is -2.35. The highest BCUT2D eigenvalue weighted by atomic mass is 16.5. The fourth-order valence-electron chi connectivity index (χ4n) is 1.34. The van der Waals surface area contributed by atoms with Crippen molar-refractivity contribution in [1.82, 2.24) is 10.1 Å². The number of aryl methyl sites for hydroxylation is 1. The highest BCUT2D eigenvalue weighted by molar-refractivity contribution is 5.55. The summed E-state index contributed by atoms with van der Waals surface area (Å²) < 4.78 is 4.71. The van der Waals surface area contributed by atoms with Crippen molar-refractivity contribution in [1.29, 1.82) is 5.26 Å². The number of nitrogens with zero attached hydrogens (tertiary/aromatic N) is 3. The van der Waals surface area contributed by atoms with Crippen LogP contribution in [0.1, 0.15) is 16.8 Å². The van der Waals surface area contributed by atoms with Crippen molar-refractivity contribution < 1.29 is 4.52 Å². The summed E-state index contributed by atoms with van der Waals surface area (Å²) in [6, 6.07) is 5.69. The van der Waals surface area contributed by atoms with E-state index in [-0.39, 0.29) is 0 Å². The summed E-state index contributed by atoms with van der Waals surface area (Å²) in [6.07, 6.45) is 3.17. The third-order valence-corrected chi connectivity index (χ3v) is 2.20. The summed E-state index contributed by atoms with van der Waals surface area (Å²) in [4.78, 5) is 4.12. The molecule has 2 rings (SSSR count). The standard InChI is InChI=1S/C11H10N4O/c1-8-2-4-13-11(10(8)6-12)14-7-9-3-5-16-15-9/h2-5H,7H2,1H3,(H,13,14). The topological polar surface area (TPSA) is 74.7 Å². The summed E-state index contributed by atoms with van der Waals surface area (Å²) in [5.41, 5.74) is 2.23. The SMILES string of the molecule is Cc1ccnc(NCc2ccon2)c1C#N. The van der Waals surface area contributed by atoms with Crippen LogP contribution in [0.15, 0.2) is 29.1 Å². The van der Waals surface area contributed by atoms with Crippen molar-refractivity contribution in [2.45, 2.75) is 13.5 Å². The molecule has 0 aliphatic carbocycles. The Kier molecular flexibility index (Phi) is 2.83. The van der Waals surface area contributed by atoms with Crippen molar-refractivity contribution in [2.75, 3.05) is 5.32 Å². The second-order valence-electron chi connectivity index (χ2n) is 3.31. The van der Waals surface area contributed by atoms with Crippen molar-refractivity contribution in [3.05, 3.63) is 41.4 Å². The Bertz CT molecular complexity index is 513. The molecule has 0 aromatic carbocycles. The Morgan fingerprint density at radius 2 is 2.38 bits per heavy atom. The first-order chi connectivity index (χ1) is 7.81. The maximum atomic E-state index is 8.99. The zero-order chi connectivity index (χ0) is 11.4. The van der Waals surface area contributed by atoms with Gasteiger partial charge in [-0.3, -0.25) is 0 Å². The van der Waals surface area contributed by atoms with E-state index < -0.39 is 0 Å². The first-order valence-electron chi connectivity index (χ1n) is 4.80. The molecule has 2 aromatic rings. The van der Waals surface area contributed by atoms with E-state index in [1.54, 1.807) is 18.3 Å². The van der Waals surface area contributed by atoms with Gasteiger partial charge in [0.15, 0.2) is 0 Å². The van der Waals surface area contributed by atoms with Crippen molar-refractivity contribution in [2.24, 2.45) is 0 Å². The molecule has 2 heterocycles. The van der Waals surface area contributed by atoms with E-state index in [4.69, 9.17) is 9.78 Å². The lowest BCUT2D eigenvalue weighted by Gasteiger charge is -2.06. The zero-order valence-electron chi connectivity index (χ0n) is 8.77. The molecule has 0 fully saturated rings. The lowest BCUT2D eigenvalue weighted by molar-refractivity contribution is 0.412. The molecule has 0 saturated carbocycles. The number of pyridine rings is 1. The molecular formula is C11H10N4O. The third-order valence-electron chi connectivity index (χ3n) is 2.20.